The van der Waals surface area contributed by atoms with Gasteiger partial charge in [0.05, 0.1) is 34.1 Å². The van der Waals surface area contributed by atoms with Crippen molar-refractivity contribution in [2.75, 3.05) is 30.8 Å². The number of anilines is 1. The van der Waals surface area contributed by atoms with E-state index in [1.807, 2.05) is 37.3 Å². The first-order valence-electron chi connectivity index (χ1n) is 12.8. The Balaban J connectivity index is 2.09. The summed E-state index contributed by atoms with van der Waals surface area (Å²) in [6.07, 6.45) is 1.87. The summed E-state index contributed by atoms with van der Waals surface area (Å²) in [5.41, 5.74) is 1.52. The molecule has 0 saturated heterocycles. The molecule has 0 aromatic heterocycles. The molecule has 0 aliphatic rings. The summed E-state index contributed by atoms with van der Waals surface area (Å²) in [4.78, 5) is 29.0. The number of benzene rings is 3. The molecule has 0 fully saturated rings. The molecule has 0 saturated carbocycles. The largest absolute Gasteiger partial charge is 0.497 e. The molecule has 3 aromatic rings. The zero-order chi connectivity index (χ0) is 30.2. The zero-order valence-electron chi connectivity index (χ0n) is 22.9. The summed E-state index contributed by atoms with van der Waals surface area (Å²) in [6.45, 7) is 1.73. The van der Waals surface area contributed by atoms with Crippen LogP contribution in [0.5, 0.6) is 5.75 Å². The number of methoxy groups -OCH3 is 1. The minimum absolute atomic E-state index is 0.00139. The Morgan fingerprint density at radius 2 is 1.59 bits per heavy atom. The van der Waals surface area contributed by atoms with Crippen molar-refractivity contribution in [3.8, 4) is 5.75 Å². The van der Waals surface area contributed by atoms with Crippen molar-refractivity contribution in [1.82, 2.24) is 10.2 Å². The molecule has 3 rings (SSSR count). The van der Waals surface area contributed by atoms with Gasteiger partial charge in [0, 0.05) is 19.5 Å². The van der Waals surface area contributed by atoms with Gasteiger partial charge in [-0.2, -0.15) is 0 Å². The van der Waals surface area contributed by atoms with Crippen LogP contribution in [0.25, 0.3) is 0 Å². The third-order valence-electron chi connectivity index (χ3n) is 6.25. The van der Waals surface area contributed by atoms with E-state index in [-0.39, 0.29) is 39.6 Å². The standard InChI is InChI=1S/C29H32Cl3N3O5S/c1-4-13-33-29(37)27(15-20-9-6-5-7-10-20)34(18-21-11-8-12-22(14-21)40-2)28(36)19-35(41(3,38)39)26-17-24(31)23(30)16-25(26)32/h5-12,14,16-17,27H,4,13,15,18-19H2,1-3H3,(H,33,37)/t27-/m0/s1. The quantitative estimate of drug-likeness (QED) is 0.246. The van der Waals surface area contributed by atoms with Crippen LogP contribution in [-0.4, -0.2) is 57.6 Å². The van der Waals surface area contributed by atoms with Gasteiger partial charge < -0.3 is 15.0 Å². The first-order chi connectivity index (χ1) is 19.4. The number of rotatable bonds is 13. The summed E-state index contributed by atoms with van der Waals surface area (Å²) < 4.78 is 32.1. The molecule has 0 heterocycles. The number of nitrogens with one attached hydrogen (secondary N) is 1. The summed E-state index contributed by atoms with van der Waals surface area (Å²) in [5.74, 6) is -0.399. The van der Waals surface area contributed by atoms with Gasteiger partial charge in [-0.25, -0.2) is 8.42 Å². The molecule has 3 aromatic carbocycles. The lowest BCUT2D eigenvalue weighted by Gasteiger charge is -2.33. The van der Waals surface area contributed by atoms with E-state index < -0.39 is 28.5 Å². The van der Waals surface area contributed by atoms with Crippen LogP contribution >= 0.6 is 34.8 Å². The van der Waals surface area contributed by atoms with Gasteiger partial charge >= 0.3 is 0 Å². The number of ether oxygens (including phenoxy) is 1. The summed E-state index contributed by atoms with van der Waals surface area (Å²) in [7, 11) is -2.49. The zero-order valence-corrected chi connectivity index (χ0v) is 26.0. The van der Waals surface area contributed by atoms with Crippen molar-refractivity contribution >= 4 is 62.3 Å². The van der Waals surface area contributed by atoms with E-state index in [1.165, 1.54) is 24.1 Å². The fourth-order valence-electron chi connectivity index (χ4n) is 4.19. The van der Waals surface area contributed by atoms with Crippen LogP contribution in [0.1, 0.15) is 24.5 Å². The molecule has 0 aliphatic carbocycles. The predicted octanol–water partition coefficient (Wildman–Crippen LogP) is 5.59. The van der Waals surface area contributed by atoms with E-state index in [4.69, 9.17) is 39.5 Å². The molecule has 0 bridgehead atoms. The highest BCUT2D eigenvalue weighted by molar-refractivity contribution is 7.92. The van der Waals surface area contributed by atoms with Gasteiger partial charge in [-0.3, -0.25) is 13.9 Å². The SMILES string of the molecule is CCCNC(=O)[C@H](Cc1ccccc1)N(Cc1cccc(OC)c1)C(=O)CN(c1cc(Cl)c(Cl)cc1Cl)S(C)(=O)=O. The van der Waals surface area contributed by atoms with E-state index in [0.717, 1.165) is 16.1 Å². The fourth-order valence-corrected chi connectivity index (χ4v) is 5.73. The number of carbonyl (C=O) groups excluding carboxylic acids is 2. The Kier molecular flexibility index (Phi) is 11.7. The number of halogens is 3. The van der Waals surface area contributed by atoms with Crippen molar-refractivity contribution in [3.05, 3.63) is 92.9 Å². The maximum atomic E-state index is 14.1. The molecule has 0 radical (unpaired) electrons. The Bertz CT molecular complexity index is 1470. The highest BCUT2D eigenvalue weighted by Gasteiger charge is 2.33. The number of hydrogen-bond acceptors (Lipinski definition) is 5. The number of sulfonamides is 1. The van der Waals surface area contributed by atoms with Gasteiger partial charge in [-0.1, -0.05) is 84.2 Å². The van der Waals surface area contributed by atoms with Gasteiger partial charge in [0.2, 0.25) is 21.8 Å². The number of carbonyl (C=O) groups is 2. The van der Waals surface area contributed by atoms with Crippen molar-refractivity contribution in [2.24, 2.45) is 0 Å². The van der Waals surface area contributed by atoms with Crippen LogP contribution in [0.3, 0.4) is 0 Å². The number of hydrogen-bond donors (Lipinski definition) is 1. The van der Waals surface area contributed by atoms with Gasteiger partial charge in [0.15, 0.2) is 0 Å². The van der Waals surface area contributed by atoms with Gasteiger partial charge in [-0.05, 0) is 41.8 Å². The molecule has 0 unspecified atom stereocenters. The van der Waals surface area contributed by atoms with E-state index >= 15 is 0 Å². The molecule has 2 amide bonds. The second kappa shape index (κ2) is 14.8. The maximum absolute atomic E-state index is 14.1. The van der Waals surface area contributed by atoms with Gasteiger partial charge in [0.25, 0.3) is 0 Å². The monoisotopic (exact) mass is 639 g/mol. The Morgan fingerprint density at radius 3 is 2.22 bits per heavy atom. The minimum Gasteiger partial charge on any atom is -0.497 e. The molecule has 220 valence electrons. The van der Waals surface area contributed by atoms with Crippen LogP contribution in [0.2, 0.25) is 15.1 Å². The molecule has 0 aliphatic heterocycles. The average Bonchev–Trinajstić information content (AvgIpc) is 2.94. The van der Waals surface area contributed by atoms with Crippen LogP contribution < -0.4 is 14.4 Å². The fraction of sp³-hybridized carbons (Fsp3) is 0.310. The van der Waals surface area contributed by atoms with Crippen LogP contribution in [-0.2, 0) is 32.6 Å². The lowest BCUT2D eigenvalue weighted by molar-refractivity contribution is -0.140. The number of nitrogens with zero attached hydrogens (tertiary/aromatic N) is 2. The molecule has 8 nitrogen and oxygen atoms in total. The van der Waals surface area contributed by atoms with Gasteiger partial charge in [0.1, 0.15) is 18.3 Å². The Morgan fingerprint density at radius 1 is 0.927 bits per heavy atom. The highest BCUT2D eigenvalue weighted by atomic mass is 35.5. The predicted molar refractivity (Wildman–Crippen MR) is 164 cm³/mol. The topological polar surface area (TPSA) is 96.0 Å². The lowest BCUT2D eigenvalue weighted by atomic mass is 10.0. The second-order valence-electron chi connectivity index (χ2n) is 9.36. The third kappa shape index (κ3) is 9.00. The molecule has 1 atom stereocenters. The highest BCUT2D eigenvalue weighted by Crippen LogP contribution is 2.35. The summed E-state index contributed by atoms with van der Waals surface area (Å²) in [5, 5.41) is 3.10. The van der Waals surface area contributed by atoms with E-state index in [2.05, 4.69) is 5.32 Å². The van der Waals surface area contributed by atoms with Crippen molar-refractivity contribution in [2.45, 2.75) is 32.4 Å². The van der Waals surface area contributed by atoms with Crippen molar-refractivity contribution < 1.29 is 22.7 Å². The van der Waals surface area contributed by atoms with Crippen LogP contribution in [0.15, 0.2) is 66.7 Å². The summed E-state index contributed by atoms with van der Waals surface area (Å²) >= 11 is 18.6. The first kappa shape index (κ1) is 32.5. The second-order valence-corrected chi connectivity index (χ2v) is 12.5. The van der Waals surface area contributed by atoms with E-state index in [1.54, 1.807) is 24.3 Å². The third-order valence-corrected chi connectivity index (χ3v) is 8.40. The maximum Gasteiger partial charge on any atom is 0.244 e. The Labute approximate surface area is 256 Å². The Hall–Kier alpha value is -2.98. The first-order valence-corrected chi connectivity index (χ1v) is 15.8. The number of amides is 2. The molecule has 12 heteroatoms. The van der Waals surface area contributed by atoms with Crippen LogP contribution in [0, 0.1) is 0 Å². The normalized spacial score (nSPS) is 12.0. The van der Waals surface area contributed by atoms with E-state index in [0.29, 0.717) is 24.3 Å². The van der Waals surface area contributed by atoms with Gasteiger partial charge in [-0.15, -0.1) is 0 Å². The molecule has 0 spiro atoms. The molecular weight excluding hydrogens is 609 g/mol. The average molecular weight is 641 g/mol. The molecular formula is C29H32Cl3N3O5S. The van der Waals surface area contributed by atoms with Crippen LogP contribution in [0.4, 0.5) is 5.69 Å². The summed E-state index contributed by atoms with van der Waals surface area (Å²) in [6, 6.07) is 18.1. The van der Waals surface area contributed by atoms with E-state index in [9.17, 15) is 18.0 Å². The van der Waals surface area contributed by atoms with Crippen molar-refractivity contribution in [3.63, 3.8) is 0 Å². The molecule has 41 heavy (non-hydrogen) atoms. The smallest absolute Gasteiger partial charge is 0.244 e. The minimum atomic E-state index is -4.02. The lowest BCUT2D eigenvalue weighted by Crippen LogP contribution is -2.53. The van der Waals surface area contributed by atoms with Crippen molar-refractivity contribution in [1.29, 1.82) is 0 Å². The molecule has 1 N–H and O–H groups in total.